The average Bonchev–Trinajstić information content (AvgIpc) is 2.30. The van der Waals surface area contributed by atoms with Gasteiger partial charge in [0.25, 0.3) is 0 Å². The molecule has 0 saturated heterocycles. The summed E-state index contributed by atoms with van der Waals surface area (Å²) in [4.78, 5) is -0.0460. The summed E-state index contributed by atoms with van der Waals surface area (Å²) in [7, 11) is -2.24. The summed E-state index contributed by atoms with van der Waals surface area (Å²) in [6, 6.07) is 2.50. The van der Waals surface area contributed by atoms with Crippen molar-refractivity contribution < 1.29 is 13.2 Å². The zero-order chi connectivity index (χ0) is 13.9. The topological polar surface area (TPSA) is 55.4 Å². The third kappa shape index (κ3) is 3.51. The molecule has 0 aliphatic heterocycles. The molecule has 0 aliphatic carbocycles. The Hall–Kier alpha value is -0.490. The predicted molar refractivity (Wildman–Crippen MR) is 73.1 cm³/mol. The van der Waals surface area contributed by atoms with Gasteiger partial charge < -0.3 is 4.74 Å². The third-order valence-electron chi connectivity index (χ3n) is 2.46. The Balaban J connectivity index is 3.21. The highest BCUT2D eigenvalue weighted by molar-refractivity contribution is 7.89. The molecule has 0 bridgehead atoms. The van der Waals surface area contributed by atoms with E-state index in [4.69, 9.17) is 27.9 Å². The molecular formula is C11H15Cl2NO3S. The molecular weight excluding hydrogens is 297 g/mol. The molecule has 0 unspecified atom stereocenters. The number of ether oxygens (including phenoxy) is 1. The van der Waals surface area contributed by atoms with Crippen molar-refractivity contribution in [3.05, 3.63) is 22.2 Å². The molecule has 0 aliphatic rings. The van der Waals surface area contributed by atoms with Gasteiger partial charge in [-0.05, 0) is 19.4 Å². The lowest BCUT2D eigenvalue weighted by Crippen LogP contribution is -2.32. The molecule has 0 saturated carbocycles. The first-order valence-electron chi connectivity index (χ1n) is 5.37. The Morgan fingerprint density at radius 2 is 1.94 bits per heavy atom. The summed E-state index contributed by atoms with van der Waals surface area (Å²) in [6.45, 7) is 3.66. The number of benzene rings is 1. The molecule has 102 valence electrons. The normalized spacial score (nSPS) is 13.4. The van der Waals surface area contributed by atoms with E-state index in [9.17, 15) is 8.42 Å². The molecule has 1 aromatic rings. The molecule has 0 radical (unpaired) electrons. The van der Waals surface area contributed by atoms with Crippen molar-refractivity contribution in [2.75, 3.05) is 7.11 Å². The minimum absolute atomic E-state index is 0.0460. The smallest absolute Gasteiger partial charge is 0.242 e. The lowest BCUT2D eigenvalue weighted by molar-refractivity contribution is 0.414. The summed E-state index contributed by atoms with van der Waals surface area (Å²) in [5.74, 6) is 0.337. The van der Waals surface area contributed by atoms with Crippen molar-refractivity contribution in [3.8, 4) is 5.75 Å². The van der Waals surface area contributed by atoms with Crippen LogP contribution in [0, 0.1) is 0 Å². The van der Waals surface area contributed by atoms with Gasteiger partial charge in [0.05, 0.1) is 17.2 Å². The van der Waals surface area contributed by atoms with Crippen LogP contribution in [0.25, 0.3) is 0 Å². The molecule has 4 nitrogen and oxygen atoms in total. The van der Waals surface area contributed by atoms with Crippen LogP contribution >= 0.6 is 23.2 Å². The summed E-state index contributed by atoms with van der Waals surface area (Å²) in [5, 5.41) is 0.276. The van der Waals surface area contributed by atoms with Crippen molar-refractivity contribution in [1.82, 2.24) is 4.72 Å². The largest absolute Gasteiger partial charge is 0.495 e. The van der Waals surface area contributed by atoms with E-state index in [-0.39, 0.29) is 21.0 Å². The van der Waals surface area contributed by atoms with Gasteiger partial charge in [-0.3, -0.25) is 0 Å². The van der Waals surface area contributed by atoms with E-state index in [0.29, 0.717) is 12.2 Å². The molecule has 1 atom stereocenters. The van der Waals surface area contributed by atoms with Gasteiger partial charge in [-0.2, -0.15) is 0 Å². The molecule has 0 fully saturated rings. The van der Waals surface area contributed by atoms with Crippen LogP contribution in [0.5, 0.6) is 5.75 Å². The van der Waals surface area contributed by atoms with E-state index in [1.807, 2.05) is 6.92 Å². The first kappa shape index (κ1) is 15.6. The Morgan fingerprint density at radius 1 is 1.33 bits per heavy atom. The summed E-state index contributed by atoms with van der Waals surface area (Å²) >= 11 is 11.8. The number of rotatable bonds is 5. The van der Waals surface area contributed by atoms with Gasteiger partial charge in [0.15, 0.2) is 0 Å². The zero-order valence-electron chi connectivity index (χ0n) is 10.3. The van der Waals surface area contributed by atoms with Gasteiger partial charge in [-0.1, -0.05) is 30.1 Å². The van der Waals surface area contributed by atoms with Crippen molar-refractivity contribution in [3.63, 3.8) is 0 Å². The molecule has 7 heteroatoms. The van der Waals surface area contributed by atoms with Gasteiger partial charge in [-0.15, -0.1) is 0 Å². The highest BCUT2D eigenvalue weighted by atomic mass is 35.5. The van der Waals surface area contributed by atoms with Gasteiger partial charge in [0, 0.05) is 12.1 Å². The maximum absolute atomic E-state index is 12.1. The Labute approximate surface area is 117 Å². The van der Waals surface area contributed by atoms with E-state index in [2.05, 4.69) is 4.72 Å². The van der Waals surface area contributed by atoms with E-state index in [1.165, 1.54) is 19.2 Å². The molecule has 0 spiro atoms. The lowest BCUT2D eigenvalue weighted by atomic mass is 10.3. The van der Waals surface area contributed by atoms with Crippen LogP contribution in [-0.4, -0.2) is 21.6 Å². The van der Waals surface area contributed by atoms with Crippen LogP contribution < -0.4 is 9.46 Å². The summed E-state index contributed by atoms with van der Waals surface area (Å²) in [6.07, 6.45) is 0.681. The molecule has 1 N–H and O–H groups in total. The second-order valence-electron chi connectivity index (χ2n) is 3.85. The molecule has 1 rings (SSSR count). The molecule has 18 heavy (non-hydrogen) atoms. The number of methoxy groups -OCH3 is 1. The fraction of sp³-hybridized carbons (Fsp3) is 0.455. The average molecular weight is 312 g/mol. The SMILES string of the molecule is CC[C@@H](C)NS(=O)(=O)c1cc(Cl)c(OC)cc1Cl. The second-order valence-corrected chi connectivity index (χ2v) is 6.34. The van der Waals surface area contributed by atoms with Crippen LogP contribution in [0.1, 0.15) is 20.3 Å². The molecule has 0 heterocycles. The Bertz CT molecular complexity index is 531. The highest BCUT2D eigenvalue weighted by Gasteiger charge is 2.21. The van der Waals surface area contributed by atoms with Gasteiger partial charge >= 0.3 is 0 Å². The van der Waals surface area contributed by atoms with Gasteiger partial charge in [-0.25, -0.2) is 13.1 Å². The maximum Gasteiger partial charge on any atom is 0.242 e. The minimum atomic E-state index is -3.67. The monoisotopic (exact) mass is 311 g/mol. The van der Waals surface area contributed by atoms with Crippen molar-refractivity contribution in [1.29, 1.82) is 0 Å². The standard InChI is InChI=1S/C11H15Cl2NO3S/c1-4-7(2)14-18(15,16)11-6-8(12)10(17-3)5-9(11)13/h5-7,14H,4H2,1-3H3/t7-/m1/s1. The maximum atomic E-state index is 12.1. The van der Waals surface area contributed by atoms with Crippen LogP contribution in [0.15, 0.2) is 17.0 Å². The second kappa shape index (κ2) is 6.10. The Morgan fingerprint density at radius 3 is 2.44 bits per heavy atom. The fourth-order valence-electron chi connectivity index (χ4n) is 1.28. The number of nitrogens with one attached hydrogen (secondary N) is 1. The fourth-order valence-corrected chi connectivity index (χ4v) is 3.46. The number of halogens is 2. The Kier molecular flexibility index (Phi) is 5.28. The van der Waals surface area contributed by atoms with Crippen LogP contribution in [-0.2, 0) is 10.0 Å². The van der Waals surface area contributed by atoms with E-state index in [0.717, 1.165) is 0 Å². The van der Waals surface area contributed by atoms with Crippen molar-refractivity contribution in [2.45, 2.75) is 31.2 Å². The van der Waals surface area contributed by atoms with E-state index < -0.39 is 10.0 Å². The number of hydrogen-bond donors (Lipinski definition) is 1. The molecule has 1 aromatic carbocycles. The third-order valence-corrected chi connectivity index (χ3v) is 4.81. The zero-order valence-corrected chi connectivity index (χ0v) is 12.7. The quantitative estimate of drug-likeness (QED) is 0.909. The molecule has 0 amide bonds. The van der Waals surface area contributed by atoms with Gasteiger partial charge in [0.1, 0.15) is 10.6 Å². The highest BCUT2D eigenvalue weighted by Crippen LogP contribution is 2.33. The van der Waals surface area contributed by atoms with Crippen LogP contribution in [0.2, 0.25) is 10.0 Å². The van der Waals surface area contributed by atoms with Crippen molar-refractivity contribution in [2.24, 2.45) is 0 Å². The predicted octanol–water partition coefficient (Wildman–Crippen LogP) is 3.08. The first-order chi connectivity index (χ1) is 8.31. The first-order valence-corrected chi connectivity index (χ1v) is 7.61. The van der Waals surface area contributed by atoms with E-state index in [1.54, 1.807) is 6.92 Å². The van der Waals surface area contributed by atoms with Crippen LogP contribution in [0.3, 0.4) is 0 Å². The number of hydrogen-bond acceptors (Lipinski definition) is 3. The van der Waals surface area contributed by atoms with Crippen LogP contribution in [0.4, 0.5) is 0 Å². The van der Waals surface area contributed by atoms with Crippen molar-refractivity contribution >= 4 is 33.2 Å². The summed E-state index contributed by atoms with van der Waals surface area (Å²) in [5.41, 5.74) is 0. The van der Waals surface area contributed by atoms with Gasteiger partial charge in [0.2, 0.25) is 10.0 Å². The summed E-state index contributed by atoms with van der Waals surface area (Å²) < 4.78 is 31.6. The molecule has 0 aromatic heterocycles. The van der Waals surface area contributed by atoms with E-state index >= 15 is 0 Å². The number of sulfonamides is 1. The lowest BCUT2D eigenvalue weighted by Gasteiger charge is -2.14. The minimum Gasteiger partial charge on any atom is -0.495 e.